The molecular weight excluding hydrogens is 210 g/mol. The van der Waals surface area contributed by atoms with E-state index in [1.807, 2.05) is 6.92 Å². The number of hydrogen-bond acceptors (Lipinski definition) is 3. The maximum atomic E-state index is 11.6. The van der Waals surface area contributed by atoms with Crippen molar-refractivity contribution in [3.63, 3.8) is 0 Å². The highest BCUT2D eigenvalue weighted by atomic mass is 16.6. The molecule has 1 aliphatic heterocycles. The predicted octanol–water partition coefficient (Wildman–Crippen LogP) is 1.61. The number of nitrogens with zero attached hydrogens (tertiary/aromatic N) is 1. The summed E-state index contributed by atoms with van der Waals surface area (Å²) in [6, 6.07) is 0.319. The van der Waals surface area contributed by atoms with Gasteiger partial charge in [0.15, 0.2) is 0 Å². The Morgan fingerprint density at radius 1 is 1.62 bits per heavy atom. The molecular formula is C11H17NO4. The molecule has 2 fully saturated rings. The zero-order chi connectivity index (χ0) is 11.8. The van der Waals surface area contributed by atoms with Crippen LogP contribution in [0.2, 0.25) is 0 Å². The minimum absolute atomic E-state index is 0.0439. The number of hydrogen-bond donors (Lipinski definition) is 1. The summed E-state index contributed by atoms with van der Waals surface area (Å²) in [6.07, 6.45) is 3.41. The molecule has 1 N–H and O–H groups in total. The van der Waals surface area contributed by atoms with Crippen LogP contribution >= 0.6 is 0 Å². The van der Waals surface area contributed by atoms with E-state index < -0.39 is 11.6 Å². The minimum atomic E-state index is -0.848. The summed E-state index contributed by atoms with van der Waals surface area (Å²) >= 11 is 0. The lowest BCUT2D eigenvalue weighted by atomic mass is 9.90. The van der Waals surface area contributed by atoms with Crippen molar-refractivity contribution in [1.82, 2.24) is 4.90 Å². The summed E-state index contributed by atoms with van der Waals surface area (Å²) in [7, 11) is 0. The number of aliphatic carboxylic acids is 1. The van der Waals surface area contributed by atoms with E-state index in [9.17, 15) is 9.59 Å². The first-order valence-corrected chi connectivity index (χ1v) is 5.72. The highest BCUT2D eigenvalue weighted by molar-refractivity contribution is 5.71. The Hall–Kier alpha value is -1.26. The Balaban J connectivity index is 1.93. The van der Waals surface area contributed by atoms with Gasteiger partial charge in [-0.25, -0.2) is 4.79 Å². The van der Waals surface area contributed by atoms with E-state index >= 15 is 0 Å². The molecule has 0 radical (unpaired) electrons. The summed E-state index contributed by atoms with van der Waals surface area (Å²) in [6.45, 7) is 2.34. The number of amides is 1. The van der Waals surface area contributed by atoms with E-state index in [-0.39, 0.29) is 12.5 Å². The first kappa shape index (κ1) is 11.2. The molecule has 5 heteroatoms. The summed E-state index contributed by atoms with van der Waals surface area (Å²) in [4.78, 5) is 23.9. The summed E-state index contributed by atoms with van der Waals surface area (Å²) in [5.74, 6) is -0.848. The highest BCUT2D eigenvalue weighted by Gasteiger charge is 2.45. The van der Waals surface area contributed by atoms with Gasteiger partial charge in [0, 0.05) is 12.5 Å². The number of cyclic esters (lactones) is 1. The van der Waals surface area contributed by atoms with E-state index in [0.29, 0.717) is 19.0 Å². The molecule has 5 nitrogen and oxygen atoms in total. The van der Waals surface area contributed by atoms with Crippen LogP contribution in [0.3, 0.4) is 0 Å². The van der Waals surface area contributed by atoms with Crippen LogP contribution in [0.4, 0.5) is 4.79 Å². The van der Waals surface area contributed by atoms with Crippen LogP contribution in [-0.4, -0.2) is 40.3 Å². The van der Waals surface area contributed by atoms with Gasteiger partial charge in [0.2, 0.25) is 0 Å². The van der Waals surface area contributed by atoms with Crippen molar-refractivity contribution in [1.29, 1.82) is 0 Å². The molecule has 1 aliphatic carbocycles. The van der Waals surface area contributed by atoms with Gasteiger partial charge in [-0.15, -0.1) is 0 Å². The van der Waals surface area contributed by atoms with Crippen molar-refractivity contribution in [3.05, 3.63) is 0 Å². The quantitative estimate of drug-likeness (QED) is 0.792. The molecule has 2 aliphatic rings. The molecule has 1 unspecified atom stereocenters. The first-order chi connectivity index (χ1) is 7.50. The fourth-order valence-corrected chi connectivity index (χ4v) is 2.20. The van der Waals surface area contributed by atoms with E-state index in [1.165, 1.54) is 6.42 Å². The average molecular weight is 227 g/mol. The van der Waals surface area contributed by atoms with E-state index in [4.69, 9.17) is 9.84 Å². The molecule has 1 atom stereocenters. The van der Waals surface area contributed by atoms with Gasteiger partial charge in [0.1, 0.15) is 5.60 Å². The molecule has 0 aromatic rings. The Labute approximate surface area is 94.4 Å². The fraction of sp³-hybridized carbons (Fsp3) is 0.818. The van der Waals surface area contributed by atoms with Crippen molar-refractivity contribution in [3.8, 4) is 0 Å². The van der Waals surface area contributed by atoms with E-state index in [0.717, 1.165) is 12.8 Å². The summed E-state index contributed by atoms with van der Waals surface area (Å²) in [5.41, 5.74) is -0.620. The van der Waals surface area contributed by atoms with Gasteiger partial charge in [-0.1, -0.05) is 0 Å². The van der Waals surface area contributed by atoms with E-state index in [2.05, 4.69) is 0 Å². The van der Waals surface area contributed by atoms with Gasteiger partial charge in [0.25, 0.3) is 0 Å². The molecule has 1 saturated carbocycles. The van der Waals surface area contributed by atoms with Gasteiger partial charge in [-0.3, -0.25) is 4.79 Å². The molecule has 0 aromatic carbocycles. The highest BCUT2D eigenvalue weighted by Crippen LogP contribution is 2.34. The lowest BCUT2D eigenvalue weighted by Crippen LogP contribution is -2.42. The molecule has 0 aromatic heterocycles. The average Bonchev–Trinajstić information content (AvgIpc) is 2.37. The van der Waals surface area contributed by atoms with E-state index in [1.54, 1.807) is 4.90 Å². The number of ether oxygens (including phenoxy) is 1. The lowest BCUT2D eigenvalue weighted by molar-refractivity contribution is -0.138. The van der Waals surface area contributed by atoms with Crippen LogP contribution in [-0.2, 0) is 9.53 Å². The summed E-state index contributed by atoms with van der Waals surface area (Å²) < 4.78 is 5.29. The molecule has 1 saturated heterocycles. The van der Waals surface area contributed by atoms with Gasteiger partial charge in [-0.05, 0) is 32.6 Å². The van der Waals surface area contributed by atoms with Crippen LogP contribution in [0.25, 0.3) is 0 Å². The molecule has 1 amide bonds. The molecule has 90 valence electrons. The Morgan fingerprint density at radius 2 is 2.31 bits per heavy atom. The Morgan fingerprint density at radius 3 is 2.81 bits per heavy atom. The van der Waals surface area contributed by atoms with Crippen LogP contribution in [0.5, 0.6) is 0 Å². The van der Waals surface area contributed by atoms with Gasteiger partial charge in [-0.2, -0.15) is 0 Å². The van der Waals surface area contributed by atoms with Crippen molar-refractivity contribution in [2.45, 2.75) is 50.7 Å². The second-order valence-electron chi connectivity index (χ2n) is 4.92. The summed E-state index contributed by atoms with van der Waals surface area (Å²) in [5, 5.41) is 8.63. The number of carboxylic acid groups (broad SMARTS) is 1. The maximum Gasteiger partial charge on any atom is 0.410 e. The van der Waals surface area contributed by atoms with Crippen molar-refractivity contribution in [2.24, 2.45) is 0 Å². The fourth-order valence-electron chi connectivity index (χ4n) is 2.20. The van der Waals surface area contributed by atoms with Crippen LogP contribution in [0.1, 0.15) is 39.0 Å². The third kappa shape index (κ3) is 2.13. The topological polar surface area (TPSA) is 66.8 Å². The number of carbonyl (C=O) groups excluding carboxylic acids is 1. The SMILES string of the molecule is CC1(CCC(=O)O)CN(C2CCC2)C(=O)O1. The Bertz CT molecular complexity index is 313. The third-order valence-electron chi connectivity index (χ3n) is 3.46. The number of carboxylic acids is 1. The first-order valence-electron chi connectivity index (χ1n) is 5.72. The number of rotatable bonds is 4. The van der Waals surface area contributed by atoms with Crippen LogP contribution in [0, 0.1) is 0 Å². The smallest absolute Gasteiger partial charge is 0.410 e. The molecule has 0 spiro atoms. The zero-order valence-corrected chi connectivity index (χ0v) is 9.44. The van der Waals surface area contributed by atoms with Crippen LogP contribution < -0.4 is 0 Å². The monoisotopic (exact) mass is 227 g/mol. The normalized spacial score (nSPS) is 30.1. The number of carbonyl (C=O) groups is 2. The van der Waals surface area contributed by atoms with Crippen molar-refractivity contribution < 1.29 is 19.4 Å². The predicted molar refractivity (Wildman–Crippen MR) is 56.1 cm³/mol. The maximum absolute atomic E-state index is 11.6. The van der Waals surface area contributed by atoms with Crippen molar-refractivity contribution in [2.75, 3.05) is 6.54 Å². The second-order valence-corrected chi connectivity index (χ2v) is 4.92. The van der Waals surface area contributed by atoms with Gasteiger partial charge >= 0.3 is 12.1 Å². The largest absolute Gasteiger partial charge is 0.481 e. The van der Waals surface area contributed by atoms with Crippen LogP contribution in [0.15, 0.2) is 0 Å². The molecule has 2 rings (SSSR count). The van der Waals surface area contributed by atoms with Gasteiger partial charge in [0.05, 0.1) is 6.54 Å². The second kappa shape index (κ2) is 3.96. The molecule has 1 heterocycles. The van der Waals surface area contributed by atoms with Gasteiger partial charge < -0.3 is 14.7 Å². The lowest BCUT2D eigenvalue weighted by Gasteiger charge is -2.33. The molecule has 0 bridgehead atoms. The standard InChI is InChI=1S/C11H17NO4/c1-11(6-5-9(13)14)7-12(10(15)16-11)8-3-2-4-8/h8H,2-7H2,1H3,(H,13,14). The minimum Gasteiger partial charge on any atom is -0.481 e. The zero-order valence-electron chi connectivity index (χ0n) is 9.44. The third-order valence-corrected chi connectivity index (χ3v) is 3.46. The van der Waals surface area contributed by atoms with Crippen molar-refractivity contribution >= 4 is 12.1 Å². The molecule has 16 heavy (non-hydrogen) atoms. The Kier molecular flexibility index (Phi) is 2.78.